The molecule has 80 valence electrons. The van der Waals surface area contributed by atoms with Crippen LogP contribution in [0.5, 0.6) is 0 Å². The molecule has 0 aromatic heterocycles. The number of carboxylic acids is 1. The van der Waals surface area contributed by atoms with Crippen LogP contribution in [0.3, 0.4) is 0 Å². The smallest absolute Gasteiger partial charge is 0.330 e. The van der Waals surface area contributed by atoms with E-state index in [1.165, 1.54) is 18.7 Å². The normalized spacial score (nSPS) is 11.1. The van der Waals surface area contributed by atoms with E-state index in [9.17, 15) is 9.59 Å². The van der Waals surface area contributed by atoms with Gasteiger partial charge in [-0.1, -0.05) is 6.08 Å². The number of ether oxygens (including phenoxy) is 1. The van der Waals surface area contributed by atoms with E-state index in [-0.39, 0.29) is 11.7 Å². The van der Waals surface area contributed by atoms with Crippen LogP contribution in [0.4, 0.5) is 0 Å². The first-order valence-corrected chi connectivity index (χ1v) is 5.36. The molecule has 0 aliphatic carbocycles. The molecule has 0 saturated carbocycles. The zero-order chi connectivity index (χ0) is 11.0. The summed E-state index contributed by atoms with van der Waals surface area (Å²) in [6.07, 6.45) is 1.58. The third kappa shape index (κ3) is 6.54. The molecule has 0 rings (SSSR count). The fourth-order valence-electron chi connectivity index (χ4n) is 0.616. The van der Waals surface area contributed by atoms with Crippen molar-refractivity contribution in [1.82, 2.24) is 0 Å². The molecule has 0 spiro atoms. The molecule has 0 saturated heterocycles. The maximum Gasteiger partial charge on any atom is 0.330 e. The van der Waals surface area contributed by atoms with Crippen LogP contribution < -0.4 is 0 Å². The number of carbonyl (C=O) groups is 2. The van der Waals surface area contributed by atoms with Crippen LogP contribution in [0.1, 0.15) is 13.8 Å². The largest absolute Gasteiger partial charge is 0.478 e. The highest BCUT2D eigenvalue weighted by Gasteiger charge is 2.01. The van der Waals surface area contributed by atoms with Gasteiger partial charge in [0.15, 0.2) is 0 Å². The number of rotatable bonds is 6. The van der Waals surface area contributed by atoms with Crippen molar-refractivity contribution in [3.05, 3.63) is 11.6 Å². The van der Waals surface area contributed by atoms with E-state index in [4.69, 9.17) is 9.84 Å². The van der Waals surface area contributed by atoms with Crippen LogP contribution in [-0.2, 0) is 14.3 Å². The molecular formula is C9H14O4S. The van der Waals surface area contributed by atoms with Gasteiger partial charge in [0, 0.05) is 11.3 Å². The average Bonchev–Trinajstić information content (AvgIpc) is 2.12. The van der Waals surface area contributed by atoms with Crippen molar-refractivity contribution in [1.29, 1.82) is 0 Å². The highest BCUT2D eigenvalue weighted by molar-refractivity contribution is 8.00. The van der Waals surface area contributed by atoms with E-state index < -0.39 is 5.97 Å². The SMILES string of the molecule is CCOC(=O)CSCC=C(C)C(=O)O. The van der Waals surface area contributed by atoms with Gasteiger partial charge in [-0.25, -0.2) is 4.79 Å². The van der Waals surface area contributed by atoms with Crippen LogP contribution in [0.15, 0.2) is 11.6 Å². The van der Waals surface area contributed by atoms with Gasteiger partial charge < -0.3 is 9.84 Å². The van der Waals surface area contributed by atoms with Gasteiger partial charge in [-0.05, 0) is 13.8 Å². The molecule has 0 aliphatic rings. The highest BCUT2D eigenvalue weighted by atomic mass is 32.2. The Morgan fingerprint density at radius 3 is 2.64 bits per heavy atom. The lowest BCUT2D eigenvalue weighted by Crippen LogP contribution is -2.06. The monoisotopic (exact) mass is 218 g/mol. The molecule has 0 aromatic carbocycles. The molecule has 0 amide bonds. The highest BCUT2D eigenvalue weighted by Crippen LogP contribution is 2.03. The van der Waals surface area contributed by atoms with E-state index >= 15 is 0 Å². The van der Waals surface area contributed by atoms with Crippen LogP contribution in [-0.4, -0.2) is 35.2 Å². The minimum Gasteiger partial charge on any atom is -0.478 e. The topological polar surface area (TPSA) is 63.6 Å². The summed E-state index contributed by atoms with van der Waals surface area (Å²) in [4.78, 5) is 21.2. The molecule has 0 heterocycles. The summed E-state index contributed by atoms with van der Waals surface area (Å²) in [5.41, 5.74) is 0.293. The Balaban J connectivity index is 3.60. The first-order valence-electron chi connectivity index (χ1n) is 4.21. The van der Waals surface area contributed by atoms with E-state index in [2.05, 4.69) is 0 Å². The number of hydrogen-bond donors (Lipinski definition) is 1. The van der Waals surface area contributed by atoms with E-state index in [1.54, 1.807) is 13.0 Å². The second-order valence-corrected chi connectivity index (χ2v) is 3.54. The van der Waals surface area contributed by atoms with E-state index in [0.29, 0.717) is 17.9 Å². The summed E-state index contributed by atoms with van der Waals surface area (Å²) < 4.78 is 4.70. The molecule has 0 aromatic rings. The minimum absolute atomic E-state index is 0.261. The molecule has 0 atom stereocenters. The third-order valence-electron chi connectivity index (χ3n) is 1.37. The Morgan fingerprint density at radius 1 is 1.50 bits per heavy atom. The molecule has 1 N–H and O–H groups in total. The van der Waals surface area contributed by atoms with Crippen molar-refractivity contribution >= 4 is 23.7 Å². The quantitative estimate of drug-likeness (QED) is 0.414. The lowest BCUT2D eigenvalue weighted by atomic mass is 10.3. The average molecular weight is 218 g/mol. The van der Waals surface area contributed by atoms with Gasteiger partial charge in [0.05, 0.1) is 12.4 Å². The fraction of sp³-hybridized carbons (Fsp3) is 0.556. The second-order valence-electron chi connectivity index (χ2n) is 2.51. The van der Waals surface area contributed by atoms with Crippen molar-refractivity contribution in [2.45, 2.75) is 13.8 Å². The lowest BCUT2D eigenvalue weighted by molar-refractivity contribution is -0.139. The molecular weight excluding hydrogens is 204 g/mol. The summed E-state index contributed by atoms with van der Waals surface area (Å²) in [7, 11) is 0. The van der Waals surface area contributed by atoms with Crippen molar-refractivity contribution < 1.29 is 19.4 Å². The fourth-order valence-corrected chi connectivity index (χ4v) is 1.35. The Bertz CT molecular complexity index is 235. The summed E-state index contributed by atoms with van der Waals surface area (Å²) in [6, 6.07) is 0. The van der Waals surface area contributed by atoms with Crippen molar-refractivity contribution in [2.75, 3.05) is 18.1 Å². The lowest BCUT2D eigenvalue weighted by Gasteiger charge is -1.99. The van der Waals surface area contributed by atoms with Crippen molar-refractivity contribution in [3.8, 4) is 0 Å². The van der Waals surface area contributed by atoms with Gasteiger partial charge >= 0.3 is 11.9 Å². The first-order chi connectivity index (χ1) is 6.57. The molecule has 0 fully saturated rings. The first kappa shape index (κ1) is 13.0. The zero-order valence-corrected chi connectivity index (χ0v) is 9.10. The Kier molecular flexibility index (Phi) is 6.92. The molecule has 0 bridgehead atoms. The molecule has 0 unspecified atom stereocenters. The number of aliphatic carboxylic acids is 1. The van der Waals surface area contributed by atoms with E-state index in [0.717, 1.165) is 0 Å². The van der Waals surface area contributed by atoms with Gasteiger partial charge in [0.1, 0.15) is 0 Å². The number of thioether (sulfide) groups is 1. The van der Waals surface area contributed by atoms with Gasteiger partial charge in [0.25, 0.3) is 0 Å². The second kappa shape index (κ2) is 7.44. The summed E-state index contributed by atoms with van der Waals surface area (Å²) in [5.74, 6) is -0.422. The van der Waals surface area contributed by atoms with Gasteiger partial charge in [0.2, 0.25) is 0 Å². The maximum absolute atomic E-state index is 10.8. The predicted molar refractivity (Wildman–Crippen MR) is 55.4 cm³/mol. The molecule has 14 heavy (non-hydrogen) atoms. The Labute approximate surface area is 87.3 Å². The number of esters is 1. The van der Waals surface area contributed by atoms with Crippen LogP contribution in [0, 0.1) is 0 Å². The zero-order valence-electron chi connectivity index (χ0n) is 8.28. The Morgan fingerprint density at radius 2 is 2.14 bits per heavy atom. The summed E-state index contributed by atoms with van der Waals surface area (Å²) >= 11 is 1.33. The van der Waals surface area contributed by atoms with Crippen LogP contribution in [0.25, 0.3) is 0 Å². The van der Waals surface area contributed by atoms with Gasteiger partial charge in [-0.3, -0.25) is 4.79 Å². The molecule has 0 aliphatic heterocycles. The van der Waals surface area contributed by atoms with Gasteiger partial charge in [-0.15, -0.1) is 11.8 Å². The predicted octanol–water partition coefficient (Wildman–Crippen LogP) is 1.31. The summed E-state index contributed by atoms with van der Waals surface area (Å²) in [5, 5.41) is 8.51. The van der Waals surface area contributed by atoms with Crippen LogP contribution >= 0.6 is 11.8 Å². The standard InChI is InChI=1S/C9H14O4S/c1-3-13-8(10)6-14-5-4-7(2)9(11)12/h4H,3,5-6H2,1-2H3,(H,11,12). The van der Waals surface area contributed by atoms with Crippen molar-refractivity contribution in [3.63, 3.8) is 0 Å². The summed E-state index contributed by atoms with van der Waals surface area (Å²) in [6.45, 7) is 3.65. The van der Waals surface area contributed by atoms with Gasteiger partial charge in [-0.2, -0.15) is 0 Å². The minimum atomic E-state index is -0.929. The molecule has 4 nitrogen and oxygen atoms in total. The third-order valence-corrected chi connectivity index (χ3v) is 2.21. The van der Waals surface area contributed by atoms with Crippen molar-refractivity contribution in [2.24, 2.45) is 0 Å². The molecule has 5 heteroatoms. The molecule has 0 radical (unpaired) electrons. The number of carbonyl (C=O) groups excluding carboxylic acids is 1. The Hall–Kier alpha value is -0.970. The van der Waals surface area contributed by atoms with E-state index in [1.807, 2.05) is 0 Å². The number of carboxylic acid groups (broad SMARTS) is 1. The van der Waals surface area contributed by atoms with Crippen LogP contribution in [0.2, 0.25) is 0 Å². The maximum atomic E-state index is 10.8. The number of hydrogen-bond acceptors (Lipinski definition) is 4.